The minimum Gasteiger partial charge on any atom is -0.404 e. The average Bonchev–Trinajstić information content (AvgIpc) is 2.24. The second-order valence-electron chi connectivity index (χ2n) is 3.43. The first-order chi connectivity index (χ1) is 8.95. The largest absolute Gasteiger partial charge is 0.573 e. The number of primary sulfonamides is 1. The van der Waals surface area contributed by atoms with Crippen LogP contribution in [0.15, 0.2) is 11.1 Å². The Balaban J connectivity index is 3.54. The van der Waals surface area contributed by atoms with Crippen LogP contribution in [0.5, 0.6) is 5.75 Å². The Morgan fingerprint density at radius 1 is 1.35 bits per heavy atom. The molecule has 6 nitrogen and oxygen atoms in total. The number of rotatable bonds is 4. The summed E-state index contributed by atoms with van der Waals surface area (Å²) in [5.74, 6) is -1.33. The zero-order valence-corrected chi connectivity index (χ0v) is 10.3. The van der Waals surface area contributed by atoms with Crippen LogP contribution in [0.25, 0.3) is 0 Å². The Morgan fingerprint density at radius 3 is 2.25 bits per heavy atom. The van der Waals surface area contributed by atoms with Gasteiger partial charge in [0.2, 0.25) is 0 Å². The van der Waals surface area contributed by atoms with Crippen molar-refractivity contribution in [1.82, 2.24) is 4.98 Å². The number of hydrogen-bond donors (Lipinski definition) is 2. The first kappa shape index (κ1) is 16.5. The van der Waals surface area contributed by atoms with Gasteiger partial charge in [-0.3, -0.25) is 0 Å². The fraction of sp³-hybridized carbons (Fsp3) is 0.375. The molecule has 114 valence electrons. The number of alkyl halides is 5. The van der Waals surface area contributed by atoms with Gasteiger partial charge >= 0.3 is 6.36 Å². The van der Waals surface area contributed by atoms with Crippen molar-refractivity contribution in [3.8, 4) is 5.75 Å². The number of nitrogens with zero attached hydrogens (tertiary/aromatic N) is 1. The van der Waals surface area contributed by atoms with E-state index in [2.05, 4.69) is 9.72 Å². The smallest absolute Gasteiger partial charge is 0.404 e. The molecule has 0 aliphatic heterocycles. The van der Waals surface area contributed by atoms with Crippen LogP contribution in [0.2, 0.25) is 0 Å². The fourth-order valence-electron chi connectivity index (χ4n) is 1.29. The Morgan fingerprint density at radius 2 is 1.90 bits per heavy atom. The summed E-state index contributed by atoms with van der Waals surface area (Å²) >= 11 is 0. The van der Waals surface area contributed by atoms with E-state index in [-0.39, 0.29) is 0 Å². The van der Waals surface area contributed by atoms with Gasteiger partial charge in [-0.1, -0.05) is 0 Å². The molecule has 1 aromatic rings. The molecule has 1 aromatic heterocycles. The molecule has 0 radical (unpaired) electrons. The number of ether oxygens (including phenoxy) is 1. The molecule has 0 bridgehead atoms. The second-order valence-corrected chi connectivity index (χ2v) is 4.91. The first-order valence-corrected chi connectivity index (χ1v) is 6.31. The Labute approximate surface area is 109 Å². The van der Waals surface area contributed by atoms with Gasteiger partial charge in [-0.25, -0.2) is 27.3 Å². The van der Waals surface area contributed by atoms with Crippen LogP contribution in [0.4, 0.5) is 22.0 Å². The lowest BCUT2D eigenvalue weighted by Crippen LogP contribution is -2.22. The molecule has 20 heavy (non-hydrogen) atoms. The normalized spacial score (nSPS) is 12.8. The van der Waals surface area contributed by atoms with E-state index in [0.29, 0.717) is 6.07 Å². The third kappa shape index (κ3) is 3.98. The van der Waals surface area contributed by atoms with E-state index in [1.807, 2.05) is 0 Å². The SMILES string of the molecule is NCc1cc(OC(F)(F)F)c(C(F)F)nc1S(N)(=O)=O. The summed E-state index contributed by atoms with van der Waals surface area (Å²) in [7, 11) is -4.52. The minimum absolute atomic E-state index is 0.418. The van der Waals surface area contributed by atoms with Gasteiger partial charge in [0.25, 0.3) is 16.4 Å². The lowest BCUT2D eigenvalue weighted by molar-refractivity contribution is -0.275. The van der Waals surface area contributed by atoms with Crippen molar-refractivity contribution in [3.05, 3.63) is 17.3 Å². The topological polar surface area (TPSA) is 108 Å². The summed E-state index contributed by atoms with van der Waals surface area (Å²) in [5.41, 5.74) is 3.15. The minimum atomic E-state index is -5.25. The van der Waals surface area contributed by atoms with Gasteiger partial charge in [0, 0.05) is 12.1 Å². The molecule has 0 aliphatic carbocycles. The predicted molar refractivity (Wildman–Crippen MR) is 55.1 cm³/mol. The van der Waals surface area contributed by atoms with Gasteiger partial charge in [0.1, 0.15) is 0 Å². The van der Waals surface area contributed by atoms with Crippen LogP contribution in [-0.2, 0) is 16.6 Å². The quantitative estimate of drug-likeness (QED) is 0.805. The molecule has 0 aromatic carbocycles. The third-order valence-corrected chi connectivity index (χ3v) is 2.87. The summed E-state index contributed by atoms with van der Waals surface area (Å²) < 4.78 is 87.2. The number of nitrogens with two attached hydrogens (primary N) is 2. The van der Waals surface area contributed by atoms with Crippen molar-refractivity contribution in [2.75, 3.05) is 0 Å². The van der Waals surface area contributed by atoms with Crippen molar-refractivity contribution < 1.29 is 35.1 Å². The summed E-state index contributed by atoms with van der Waals surface area (Å²) in [6.45, 7) is -0.587. The second kappa shape index (κ2) is 5.46. The monoisotopic (exact) mass is 321 g/mol. The molecule has 0 amide bonds. The van der Waals surface area contributed by atoms with Crippen LogP contribution in [-0.4, -0.2) is 19.8 Å². The molecule has 0 saturated heterocycles. The number of pyridine rings is 1. The Kier molecular flexibility index (Phi) is 4.51. The van der Waals surface area contributed by atoms with E-state index in [4.69, 9.17) is 10.9 Å². The van der Waals surface area contributed by atoms with Gasteiger partial charge in [0.05, 0.1) is 0 Å². The molecule has 4 N–H and O–H groups in total. The Hall–Kier alpha value is -1.53. The molecule has 0 aliphatic rings. The van der Waals surface area contributed by atoms with Crippen LogP contribution < -0.4 is 15.6 Å². The lowest BCUT2D eigenvalue weighted by atomic mass is 10.2. The summed E-state index contributed by atoms with van der Waals surface area (Å²) in [4.78, 5) is 2.93. The lowest BCUT2D eigenvalue weighted by Gasteiger charge is -2.15. The van der Waals surface area contributed by atoms with Crippen LogP contribution in [0.1, 0.15) is 17.7 Å². The number of aromatic nitrogens is 1. The molecule has 0 saturated carbocycles. The number of halogens is 5. The highest BCUT2D eigenvalue weighted by Crippen LogP contribution is 2.33. The van der Waals surface area contributed by atoms with Crippen molar-refractivity contribution in [2.45, 2.75) is 24.4 Å². The highest BCUT2D eigenvalue weighted by molar-refractivity contribution is 7.89. The molecular formula is C8H8F5N3O3S. The average molecular weight is 321 g/mol. The van der Waals surface area contributed by atoms with Crippen LogP contribution >= 0.6 is 0 Å². The number of hydrogen-bond acceptors (Lipinski definition) is 5. The highest BCUT2D eigenvalue weighted by Gasteiger charge is 2.35. The molecule has 0 unspecified atom stereocenters. The molecule has 1 heterocycles. The van der Waals surface area contributed by atoms with E-state index >= 15 is 0 Å². The van der Waals surface area contributed by atoms with Crippen molar-refractivity contribution in [3.63, 3.8) is 0 Å². The van der Waals surface area contributed by atoms with Gasteiger partial charge in [-0.05, 0) is 6.07 Å². The number of sulfonamides is 1. The summed E-state index contributed by atoms with van der Waals surface area (Å²) in [5, 5.41) is 3.70. The van der Waals surface area contributed by atoms with Crippen LogP contribution in [0.3, 0.4) is 0 Å². The maximum Gasteiger partial charge on any atom is 0.573 e. The fourth-order valence-corrected chi connectivity index (χ4v) is 2.02. The molecule has 12 heteroatoms. The maximum atomic E-state index is 12.6. The van der Waals surface area contributed by atoms with E-state index in [1.54, 1.807) is 0 Å². The molecule has 0 spiro atoms. The predicted octanol–water partition coefficient (Wildman–Crippen LogP) is 1.02. The molecule has 1 rings (SSSR count). The maximum absolute atomic E-state index is 12.6. The van der Waals surface area contributed by atoms with Crippen molar-refractivity contribution >= 4 is 10.0 Å². The zero-order valence-electron chi connectivity index (χ0n) is 9.49. The van der Waals surface area contributed by atoms with E-state index in [1.165, 1.54) is 0 Å². The third-order valence-electron chi connectivity index (χ3n) is 1.98. The van der Waals surface area contributed by atoms with Crippen molar-refractivity contribution in [2.24, 2.45) is 10.9 Å². The van der Waals surface area contributed by atoms with E-state index in [0.717, 1.165) is 0 Å². The van der Waals surface area contributed by atoms with E-state index in [9.17, 15) is 30.4 Å². The Bertz CT molecular complexity index is 602. The van der Waals surface area contributed by atoms with Gasteiger partial charge in [-0.15, -0.1) is 13.2 Å². The van der Waals surface area contributed by atoms with Gasteiger partial charge in [-0.2, -0.15) is 0 Å². The van der Waals surface area contributed by atoms with Gasteiger partial charge in [0.15, 0.2) is 16.5 Å². The van der Waals surface area contributed by atoms with E-state index < -0.39 is 51.4 Å². The molecule has 0 atom stereocenters. The van der Waals surface area contributed by atoms with Crippen LogP contribution in [0, 0.1) is 0 Å². The zero-order chi connectivity index (χ0) is 15.7. The highest BCUT2D eigenvalue weighted by atomic mass is 32.2. The summed E-state index contributed by atoms with van der Waals surface area (Å²) in [6.07, 6.45) is -8.75. The van der Waals surface area contributed by atoms with Gasteiger partial charge < -0.3 is 10.5 Å². The molecule has 0 fully saturated rings. The standard InChI is InChI=1S/C8H8F5N3O3S/c9-6(10)5-4(19-8(11,12)13)1-3(2-14)7(16-5)20(15,17)18/h1,6H,2,14H2,(H2,15,17,18). The molecular weight excluding hydrogens is 313 g/mol. The first-order valence-electron chi connectivity index (χ1n) is 4.76. The van der Waals surface area contributed by atoms with Crippen molar-refractivity contribution in [1.29, 1.82) is 0 Å². The summed E-state index contributed by atoms with van der Waals surface area (Å²) in [6, 6.07) is 0.418.